The largest absolute Gasteiger partial charge is 0.493 e. The van der Waals surface area contributed by atoms with Crippen LogP contribution in [0.2, 0.25) is 0 Å². The van der Waals surface area contributed by atoms with E-state index in [1.807, 2.05) is 26.0 Å². The summed E-state index contributed by atoms with van der Waals surface area (Å²) in [5.41, 5.74) is 1.72. The van der Waals surface area contributed by atoms with E-state index in [9.17, 15) is 0 Å². The number of hydrogen-bond acceptors (Lipinski definition) is 2. The summed E-state index contributed by atoms with van der Waals surface area (Å²) >= 11 is 0. The molecule has 0 amide bonds. The Morgan fingerprint density at radius 2 is 2.00 bits per heavy atom. The molecule has 1 aromatic carbocycles. The highest BCUT2D eigenvalue weighted by Gasteiger charge is 2.06. The molecular weight excluding hydrogens is 198 g/mol. The van der Waals surface area contributed by atoms with Gasteiger partial charge >= 0.3 is 0 Å². The van der Waals surface area contributed by atoms with Crippen LogP contribution in [-0.4, -0.2) is 6.61 Å². The molecule has 0 heterocycles. The van der Waals surface area contributed by atoms with Gasteiger partial charge in [0.25, 0.3) is 0 Å². The van der Waals surface area contributed by atoms with Crippen LogP contribution in [0.1, 0.15) is 38.8 Å². The summed E-state index contributed by atoms with van der Waals surface area (Å²) in [6.45, 7) is 8.95. The summed E-state index contributed by atoms with van der Waals surface area (Å²) in [4.78, 5) is 0. The van der Waals surface area contributed by atoms with Crippen LogP contribution in [-0.2, 0) is 0 Å². The summed E-state index contributed by atoms with van der Waals surface area (Å²) in [7, 11) is 0. The topological polar surface area (TPSA) is 33.0 Å². The summed E-state index contributed by atoms with van der Waals surface area (Å²) < 4.78 is 5.64. The van der Waals surface area contributed by atoms with Crippen molar-refractivity contribution in [3.8, 4) is 11.8 Å². The third-order valence-electron chi connectivity index (χ3n) is 2.20. The molecule has 0 aromatic heterocycles. The second-order valence-electron chi connectivity index (χ2n) is 4.56. The van der Waals surface area contributed by atoms with Crippen molar-refractivity contribution in [2.75, 3.05) is 6.61 Å². The Morgan fingerprint density at radius 1 is 1.31 bits per heavy atom. The Balaban J connectivity index is 2.92. The molecule has 0 saturated carbocycles. The van der Waals surface area contributed by atoms with Crippen LogP contribution in [0.25, 0.3) is 0 Å². The number of ether oxygens (including phenoxy) is 1. The molecule has 0 spiro atoms. The maximum atomic E-state index is 8.93. The zero-order valence-electron chi connectivity index (χ0n) is 10.4. The first-order valence-corrected chi connectivity index (χ1v) is 5.51. The van der Waals surface area contributed by atoms with E-state index in [2.05, 4.69) is 19.9 Å². The van der Waals surface area contributed by atoms with Crippen molar-refractivity contribution in [1.82, 2.24) is 0 Å². The lowest BCUT2D eigenvalue weighted by Crippen LogP contribution is -2.05. The molecule has 0 aliphatic rings. The SMILES string of the molecule is C[C](C)c1cc(C#N)cc(OCC(C)C)c1. The highest BCUT2D eigenvalue weighted by Crippen LogP contribution is 2.22. The molecule has 0 aliphatic carbocycles. The minimum Gasteiger partial charge on any atom is -0.493 e. The monoisotopic (exact) mass is 216 g/mol. The smallest absolute Gasteiger partial charge is 0.120 e. The fourth-order valence-corrected chi connectivity index (χ4v) is 1.30. The van der Waals surface area contributed by atoms with Crippen molar-refractivity contribution in [2.24, 2.45) is 5.92 Å². The molecule has 16 heavy (non-hydrogen) atoms. The molecule has 0 fully saturated rings. The van der Waals surface area contributed by atoms with Gasteiger partial charge in [-0.3, -0.25) is 0 Å². The molecule has 2 nitrogen and oxygen atoms in total. The zero-order chi connectivity index (χ0) is 12.1. The molecule has 0 saturated heterocycles. The average molecular weight is 216 g/mol. The van der Waals surface area contributed by atoms with Crippen molar-refractivity contribution >= 4 is 0 Å². The second kappa shape index (κ2) is 5.55. The lowest BCUT2D eigenvalue weighted by Gasteiger charge is -2.12. The highest BCUT2D eigenvalue weighted by molar-refractivity contribution is 5.44. The Labute approximate surface area is 97.9 Å². The van der Waals surface area contributed by atoms with E-state index in [1.54, 1.807) is 6.07 Å². The van der Waals surface area contributed by atoms with Crippen molar-refractivity contribution in [3.05, 3.63) is 35.2 Å². The van der Waals surface area contributed by atoms with Gasteiger partial charge in [-0.15, -0.1) is 0 Å². The minimum absolute atomic E-state index is 0.487. The first-order valence-electron chi connectivity index (χ1n) is 5.51. The van der Waals surface area contributed by atoms with Crippen LogP contribution in [0.3, 0.4) is 0 Å². The van der Waals surface area contributed by atoms with Crippen LogP contribution in [0.4, 0.5) is 0 Å². The van der Waals surface area contributed by atoms with Crippen LogP contribution >= 0.6 is 0 Å². The zero-order valence-corrected chi connectivity index (χ0v) is 10.4. The van der Waals surface area contributed by atoms with E-state index in [0.717, 1.165) is 11.3 Å². The quantitative estimate of drug-likeness (QED) is 0.771. The number of nitriles is 1. The molecule has 1 radical (unpaired) electrons. The molecule has 85 valence electrons. The minimum atomic E-state index is 0.487. The summed E-state index contributed by atoms with van der Waals surface area (Å²) in [5, 5.41) is 8.93. The van der Waals surface area contributed by atoms with Crippen molar-refractivity contribution in [1.29, 1.82) is 5.26 Å². The lowest BCUT2D eigenvalue weighted by molar-refractivity contribution is 0.271. The van der Waals surface area contributed by atoms with Crippen molar-refractivity contribution in [3.63, 3.8) is 0 Å². The van der Waals surface area contributed by atoms with Gasteiger partial charge < -0.3 is 4.74 Å². The lowest BCUT2D eigenvalue weighted by atomic mass is 10.0. The van der Waals surface area contributed by atoms with Gasteiger partial charge in [-0.1, -0.05) is 27.7 Å². The van der Waals surface area contributed by atoms with E-state index < -0.39 is 0 Å². The normalized spacial score (nSPS) is 10.6. The van der Waals surface area contributed by atoms with Crippen LogP contribution in [0, 0.1) is 23.2 Å². The van der Waals surface area contributed by atoms with Crippen molar-refractivity contribution in [2.45, 2.75) is 27.7 Å². The first kappa shape index (κ1) is 12.6. The summed E-state index contributed by atoms with van der Waals surface area (Å²) in [6, 6.07) is 7.81. The van der Waals surface area contributed by atoms with Gasteiger partial charge in [0.1, 0.15) is 5.75 Å². The third-order valence-corrected chi connectivity index (χ3v) is 2.20. The molecule has 0 bridgehead atoms. The summed E-state index contributed by atoms with van der Waals surface area (Å²) in [6.07, 6.45) is 0. The van der Waals surface area contributed by atoms with Gasteiger partial charge in [0.15, 0.2) is 0 Å². The average Bonchev–Trinajstić information content (AvgIpc) is 2.25. The second-order valence-corrected chi connectivity index (χ2v) is 4.56. The molecule has 0 atom stereocenters. The predicted molar refractivity (Wildman–Crippen MR) is 65.2 cm³/mol. The van der Waals surface area contributed by atoms with Crippen LogP contribution in [0.15, 0.2) is 18.2 Å². The number of hydrogen-bond donors (Lipinski definition) is 0. The van der Waals surface area contributed by atoms with Crippen molar-refractivity contribution < 1.29 is 4.74 Å². The Bertz CT molecular complexity index is 388. The molecular formula is C14H18NO. The Kier molecular flexibility index (Phi) is 4.37. The Morgan fingerprint density at radius 3 is 2.50 bits per heavy atom. The Hall–Kier alpha value is -1.49. The maximum Gasteiger partial charge on any atom is 0.120 e. The van der Waals surface area contributed by atoms with E-state index in [0.29, 0.717) is 18.1 Å². The van der Waals surface area contributed by atoms with Gasteiger partial charge in [-0.25, -0.2) is 0 Å². The highest BCUT2D eigenvalue weighted by atomic mass is 16.5. The van der Waals surface area contributed by atoms with Gasteiger partial charge in [0.05, 0.1) is 18.2 Å². The first-order chi connectivity index (χ1) is 7.52. The standard InChI is InChI=1S/C14H18NO/c1-10(2)9-16-14-6-12(8-15)5-13(7-14)11(3)4/h5-7,10H,9H2,1-4H3. The third kappa shape index (κ3) is 3.58. The van der Waals surface area contributed by atoms with Gasteiger partial charge in [-0.05, 0) is 35.6 Å². The predicted octanol–water partition coefficient (Wildman–Crippen LogP) is 3.56. The van der Waals surface area contributed by atoms with E-state index in [-0.39, 0.29) is 0 Å². The van der Waals surface area contributed by atoms with Gasteiger partial charge in [0.2, 0.25) is 0 Å². The van der Waals surface area contributed by atoms with Crippen LogP contribution in [0.5, 0.6) is 5.75 Å². The van der Waals surface area contributed by atoms with Crippen LogP contribution < -0.4 is 4.74 Å². The molecule has 0 aliphatic heterocycles. The number of rotatable bonds is 4. The summed E-state index contributed by atoms with van der Waals surface area (Å²) in [5.74, 6) is 2.45. The molecule has 0 unspecified atom stereocenters. The molecule has 1 aromatic rings. The maximum absolute atomic E-state index is 8.93. The number of benzene rings is 1. The fourth-order valence-electron chi connectivity index (χ4n) is 1.30. The molecule has 1 rings (SSSR count). The van der Waals surface area contributed by atoms with E-state index in [1.165, 1.54) is 5.92 Å². The van der Waals surface area contributed by atoms with Gasteiger partial charge in [-0.2, -0.15) is 5.26 Å². The molecule has 2 heteroatoms. The fraction of sp³-hybridized carbons (Fsp3) is 0.429. The van der Waals surface area contributed by atoms with E-state index in [4.69, 9.17) is 10.00 Å². The molecule has 0 N–H and O–H groups in total. The number of nitrogens with zero attached hydrogens (tertiary/aromatic N) is 1. The van der Waals surface area contributed by atoms with Gasteiger partial charge in [0, 0.05) is 0 Å². The van der Waals surface area contributed by atoms with E-state index >= 15 is 0 Å².